The Bertz CT molecular complexity index is 2130. The fourth-order valence-corrected chi connectivity index (χ4v) is 5.69. The minimum Gasteiger partial charge on any atom is -0.294 e. The van der Waals surface area contributed by atoms with Crippen LogP contribution in [0.3, 0.4) is 0 Å². The summed E-state index contributed by atoms with van der Waals surface area (Å²) in [6.07, 6.45) is 5.54. The average molecular weight is 514 g/mol. The van der Waals surface area contributed by atoms with Crippen molar-refractivity contribution in [3.05, 3.63) is 140 Å². The second-order valence-electron chi connectivity index (χ2n) is 9.79. The van der Waals surface area contributed by atoms with Crippen LogP contribution >= 0.6 is 0 Å². The van der Waals surface area contributed by atoms with E-state index in [1.54, 1.807) is 12.4 Å². The van der Waals surface area contributed by atoms with Gasteiger partial charge in [0.05, 0.1) is 22.1 Å². The topological polar surface area (TPSA) is 48.5 Å². The Morgan fingerprint density at radius 3 is 2.00 bits per heavy atom. The van der Waals surface area contributed by atoms with Crippen LogP contribution in [0.2, 0.25) is 0 Å². The predicted molar refractivity (Wildman–Crippen MR) is 162 cm³/mol. The monoisotopic (exact) mass is 513 g/mol. The Balaban J connectivity index is 1.42. The number of nitrogens with zero attached hydrogens (tertiary/aromatic N) is 5. The molecule has 0 saturated heterocycles. The second kappa shape index (κ2) is 9.03. The molecule has 0 aliphatic heterocycles. The minimum atomic E-state index is 0.870. The van der Waals surface area contributed by atoms with Crippen LogP contribution in [0.1, 0.15) is 0 Å². The van der Waals surface area contributed by atoms with Gasteiger partial charge in [0.1, 0.15) is 11.6 Å². The summed E-state index contributed by atoms with van der Waals surface area (Å²) in [5.41, 5.74) is 8.54. The summed E-state index contributed by atoms with van der Waals surface area (Å²) < 4.78 is 4.50. The van der Waals surface area contributed by atoms with E-state index >= 15 is 0 Å². The van der Waals surface area contributed by atoms with E-state index in [0.717, 1.165) is 66.9 Å². The number of hydrogen-bond acceptors (Lipinski definition) is 3. The molecule has 40 heavy (non-hydrogen) atoms. The first-order valence-electron chi connectivity index (χ1n) is 13.3. The molecule has 0 radical (unpaired) electrons. The number of rotatable bonds is 4. The Morgan fingerprint density at radius 1 is 0.500 bits per heavy atom. The largest absolute Gasteiger partial charge is 0.294 e. The standard InChI is InChI=1S/C35H23N5/c1-3-9-25(10-4-1)35-38-34-31(39(35)27-11-5-2-6-12-27)17-16-30-33(34)28-13-7-8-14-29(28)40(30)32-18-15-26(23-37-32)24-19-21-36-22-20-24/h1-23H. The zero-order valence-electron chi connectivity index (χ0n) is 21.5. The van der Waals surface area contributed by atoms with Crippen molar-refractivity contribution in [2.75, 3.05) is 0 Å². The van der Waals surface area contributed by atoms with Crippen molar-refractivity contribution < 1.29 is 0 Å². The van der Waals surface area contributed by atoms with Crippen LogP contribution in [0.15, 0.2) is 140 Å². The Kier molecular flexibility index (Phi) is 5.07. The molecule has 8 rings (SSSR count). The molecule has 0 saturated carbocycles. The van der Waals surface area contributed by atoms with Gasteiger partial charge in [0.15, 0.2) is 0 Å². The molecule has 5 heteroatoms. The molecule has 4 aromatic carbocycles. The maximum atomic E-state index is 5.32. The molecule has 0 atom stereocenters. The summed E-state index contributed by atoms with van der Waals surface area (Å²) in [6, 6.07) is 42.0. The van der Waals surface area contributed by atoms with Crippen LogP contribution in [0.5, 0.6) is 0 Å². The Morgan fingerprint density at radius 2 is 1.23 bits per heavy atom. The molecule has 4 heterocycles. The van der Waals surface area contributed by atoms with Crippen molar-refractivity contribution in [1.82, 2.24) is 24.1 Å². The molecule has 0 spiro atoms. The zero-order valence-corrected chi connectivity index (χ0v) is 21.5. The normalized spacial score (nSPS) is 11.5. The third-order valence-electron chi connectivity index (χ3n) is 7.50. The average Bonchev–Trinajstić information content (AvgIpc) is 3.59. The van der Waals surface area contributed by atoms with E-state index in [-0.39, 0.29) is 0 Å². The van der Waals surface area contributed by atoms with Crippen LogP contribution < -0.4 is 0 Å². The van der Waals surface area contributed by atoms with E-state index < -0.39 is 0 Å². The van der Waals surface area contributed by atoms with Crippen LogP contribution in [-0.4, -0.2) is 24.1 Å². The Labute approximate surface area is 230 Å². The molecule has 0 fully saturated rings. The number of imidazole rings is 1. The molecule has 0 unspecified atom stereocenters. The molecule has 0 amide bonds. The zero-order chi connectivity index (χ0) is 26.5. The molecule has 0 aliphatic carbocycles. The lowest BCUT2D eigenvalue weighted by Gasteiger charge is -2.10. The lowest BCUT2D eigenvalue weighted by Crippen LogP contribution is -1.98. The minimum absolute atomic E-state index is 0.870. The summed E-state index contributed by atoms with van der Waals surface area (Å²) in [5, 5.41) is 2.28. The molecule has 8 aromatic rings. The summed E-state index contributed by atoms with van der Waals surface area (Å²) in [5.74, 6) is 1.79. The van der Waals surface area contributed by atoms with Gasteiger partial charge in [-0.2, -0.15) is 0 Å². The Hall–Kier alpha value is -5.55. The van der Waals surface area contributed by atoms with E-state index in [1.807, 2.05) is 30.5 Å². The van der Waals surface area contributed by atoms with E-state index in [0.29, 0.717) is 0 Å². The maximum Gasteiger partial charge on any atom is 0.145 e. The SMILES string of the molecule is c1ccc(-c2nc3c4c5ccccc5n(-c5ccc(-c6ccncc6)cn5)c4ccc3n2-c2ccccc2)cc1. The van der Waals surface area contributed by atoms with Gasteiger partial charge in [-0.15, -0.1) is 0 Å². The van der Waals surface area contributed by atoms with E-state index in [9.17, 15) is 0 Å². The van der Waals surface area contributed by atoms with Gasteiger partial charge in [-0.25, -0.2) is 9.97 Å². The van der Waals surface area contributed by atoms with Crippen LogP contribution in [-0.2, 0) is 0 Å². The molecule has 4 aromatic heterocycles. The van der Waals surface area contributed by atoms with Crippen LogP contribution in [0.25, 0.3) is 66.9 Å². The molecule has 0 N–H and O–H groups in total. The number of para-hydroxylation sites is 2. The van der Waals surface area contributed by atoms with Gasteiger partial charge >= 0.3 is 0 Å². The quantitative estimate of drug-likeness (QED) is 0.238. The van der Waals surface area contributed by atoms with Crippen molar-refractivity contribution in [3.63, 3.8) is 0 Å². The van der Waals surface area contributed by atoms with Crippen LogP contribution in [0.4, 0.5) is 0 Å². The van der Waals surface area contributed by atoms with Gasteiger partial charge in [-0.05, 0) is 60.2 Å². The lowest BCUT2D eigenvalue weighted by molar-refractivity contribution is 1.08. The number of hydrogen-bond donors (Lipinski definition) is 0. The first-order valence-corrected chi connectivity index (χ1v) is 13.3. The molecule has 0 aliphatic rings. The fraction of sp³-hybridized carbons (Fsp3) is 0. The molecular formula is C35H23N5. The van der Waals surface area contributed by atoms with Crippen LogP contribution in [0, 0.1) is 0 Å². The number of benzene rings is 4. The van der Waals surface area contributed by atoms with E-state index in [4.69, 9.17) is 9.97 Å². The number of pyridine rings is 2. The van der Waals surface area contributed by atoms with Gasteiger partial charge in [-0.1, -0.05) is 66.7 Å². The van der Waals surface area contributed by atoms with Crippen molar-refractivity contribution in [3.8, 4) is 34.0 Å². The highest BCUT2D eigenvalue weighted by molar-refractivity contribution is 6.20. The molecule has 5 nitrogen and oxygen atoms in total. The third kappa shape index (κ3) is 3.45. The lowest BCUT2D eigenvalue weighted by atomic mass is 10.1. The van der Waals surface area contributed by atoms with Gasteiger partial charge in [0.25, 0.3) is 0 Å². The predicted octanol–water partition coefficient (Wildman–Crippen LogP) is 8.25. The summed E-state index contributed by atoms with van der Waals surface area (Å²) >= 11 is 0. The van der Waals surface area contributed by atoms with Gasteiger partial charge in [0, 0.05) is 46.2 Å². The van der Waals surface area contributed by atoms with Crippen molar-refractivity contribution in [2.45, 2.75) is 0 Å². The maximum absolute atomic E-state index is 5.32. The van der Waals surface area contributed by atoms with Crippen molar-refractivity contribution in [2.24, 2.45) is 0 Å². The smallest absolute Gasteiger partial charge is 0.145 e. The first-order chi connectivity index (χ1) is 19.9. The van der Waals surface area contributed by atoms with Gasteiger partial charge < -0.3 is 0 Å². The highest BCUT2D eigenvalue weighted by Gasteiger charge is 2.21. The molecular weight excluding hydrogens is 490 g/mol. The van der Waals surface area contributed by atoms with Gasteiger partial charge in [0.2, 0.25) is 0 Å². The highest BCUT2D eigenvalue weighted by atomic mass is 15.1. The second-order valence-corrected chi connectivity index (χ2v) is 9.79. The molecule has 188 valence electrons. The van der Waals surface area contributed by atoms with Crippen molar-refractivity contribution in [1.29, 1.82) is 0 Å². The third-order valence-corrected chi connectivity index (χ3v) is 7.50. The first kappa shape index (κ1) is 22.4. The van der Waals surface area contributed by atoms with E-state index in [1.165, 1.54) is 0 Å². The fourth-order valence-electron chi connectivity index (χ4n) is 5.69. The van der Waals surface area contributed by atoms with Gasteiger partial charge in [-0.3, -0.25) is 14.1 Å². The highest BCUT2D eigenvalue weighted by Crippen LogP contribution is 2.39. The number of aromatic nitrogens is 5. The number of fused-ring (bicyclic) bond motifs is 5. The summed E-state index contributed by atoms with van der Waals surface area (Å²) in [4.78, 5) is 14.4. The van der Waals surface area contributed by atoms with E-state index in [2.05, 4.69) is 111 Å². The summed E-state index contributed by atoms with van der Waals surface area (Å²) in [7, 11) is 0. The molecule has 0 bridgehead atoms. The van der Waals surface area contributed by atoms with Crippen molar-refractivity contribution >= 4 is 32.8 Å². The summed E-state index contributed by atoms with van der Waals surface area (Å²) in [6.45, 7) is 0.